The molecule has 0 fully saturated rings. The van der Waals surface area contributed by atoms with Gasteiger partial charge in [-0.1, -0.05) is 6.07 Å². The fourth-order valence-electron chi connectivity index (χ4n) is 3.38. The second-order valence-electron chi connectivity index (χ2n) is 6.77. The number of amides is 2. The van der Waals surface area contributed by atoms with E-state index in [1.165, 1.54) is 12.1 Å². The Morgan fingerprint density at radius 1 is 1.24 bits per heavy atom. The van der Waals surface area contributed by atoms with Gasteiger partial charge in [0.15, 0.2) is 0 Å². The number of rotatable bonds is 6. The molecule has 2 amide bonds. The van der Waals surface area contributed by atoms with Gasteiger partial charge in [0.05, 0.1) is 18.0 Å². The summed E-state index contributed by atoms with van der Waals surface area (Å²) in [6.45, 7) is 1.56. The van der Waals surface area contributed by atoms with Crippen LogP contribution in [0.3, 0.4) is 0 Å². The maximum atomic E-state index is 14.1. The first-order chi connectivity index (χ1) is 14.0. The van der Waals surface area contributed by atoms with Gasteiger partial charge in [-0.25, -0.2) is 14.3 Å². The van der Waals surface area contributed by atoms with Crippen LogP contribution in [-0.4, -0.2) is 35.3 Å². The van der Waals surface area contributed by atoms with Crippen molar-refractivity contribution in [2.45, 2.75) is 39.0 Å². The number of urea groups is 1. The first-order valence-corrected chi connectivity index (χ1v) is 9.56. The SMILES string of the molecule is CCOC(=O)CNC(=O)Nc1cc(Cc2n[nH]c(=O)c3c2CCCC3)ccc1F. The van der Waals surface area contributed by atoms with Crippen LogP contribution >= 0.6 is 0 Å². The lowest BCUT2D eigenvalue weighted by molar-refractivity contribution is -0.141. The zero-order chi connectivity index (χ0) is 20.8. The summed E-state index contributed by atoms with van der Waals surface area (Å²) in [5.74, 6) is -1.18. The van der Waals surface area contributed by atoms with Gasteiger partial charge < -0.3 is 15.4 Å². The quantitative estimate of drug-likeness (QED) is 0.640. The Balaban J connectivity index is 1.72. The number of halogens is 1. The van der Waals surface area contributed by atoms with Gasteiger partial charge in [-0.05, 0) is 55.9 Å². The number of carbonyl (C=O) groups is 2. The third-order valence-electron chi connectivity index (χ3n) is 4.73. The summed E-state index contributed by atoms with van der Waals surface area (Å²) in [5.41, 5.74) is 3.07. The monoisotopic (exact) mass is 402 g/mol. The van der Waals surface area contributed by atoms with Crippen molar-refractivity contribution in [2.24, 2.45) is 0 Å². The van der Waals surface area contributed by atoms with E-state index in [9.17, 15) is 18.8 Å². The largest absolute Gasteiger partial charge is 0.465 e. The highest BCUT2D eigenvalue weighted by Gasteiger charge is 2.18. The summed E-state index contributed by atoms with van der Waals surface area (Å²) < 4.78 is 18.8. The molecule has 0 saturated carbocycles. The van der Waals surface area contributed by atoms with E-state index in [1.54, 1.807) is 13.0 Å². The van der Waals surface area contributed by atoms with Crippen LogP contribution in [-0.2, 0) is 28.8 Å². The molecule has 1 aliphatic carbocycles. The number of nitrogens with zero attached hydrogens (tertiary/aromatic N) is 1. The smallest absolute Gasteiger partial charge is 0.325 e. The highest BCUT2D eigenvalue weighted by atomic mass is 19.1. The molecule has 9 heteroatoms. The Morgan fingerprint density at radius 2 is 2.00 bits per heavy atom. The highest BCUT2D eigenvalue weighted by Crippen LogP contribution is 2.23. The van der Waals surface area contributed by atoms with Crippen LogP contribution in [0.4, 0.5) is 14.9 Å². The predicted molar refractivity (Wildman–Crippen MR) is 104 cm³/mol. The molecule has 0 unspecified atom stereocenters. The van der Waals surface area contributed by atoms with Crippen molar-refractivity contribution in [3.05, 3.63) is 56.8 Å². The van der Waals surface area contributed by atoms with Crippen molar-refractivity contribution < 1.29 is 18.7 Å². The average molecular weight is 402 g/mol. The molecule has 2 aromatic rings. The summed E-state index contributed by atoms with van der Waals surface area (Å²) in [6, 6.07) is 3.67. The van der Waals surface area contributed by atoms with Crippen molar-refractivity contribution in [3.8, 4) is 0 Å². The van der Waals surface area contributed by atoms with E-state index in [2.05, 4.69) is 20.8 Å². The molecule has 3 rings (SSSR count). The number of ether oxygens (including phenoxy) is 1. The summed E-state index contributed by atoms with van der Waals surface area (Å²) in [6.07, 6.45) is 3.91. The minimum Gasteiger partial charge on any atom is -0.465 e. The van der Waals surface area contributed by atoms with Gasteiger partial charge in [0.2, 0.25) is 0 Å². The van der Waals surface area contributed by atoms with Gasteiger partial charge in [-0.15, -0.1) is 0 Å². The van der Waals surface area contributed by atoms with Gasteiger partial charge in [0.1, 0.15) is 12.4 Å². The van der Waals surface area contributed by atoms with Crippen LogP contribution in [0.25, 0.3) is 0 Å². The number of H-pyrrole nitrogens is 1. The number of nitrogens with one attached hydrogen (secondary N) is 3. The van der Waals surface area contributed by atoms with Crippen LogP contribution in [0.5, 0.6) is 0 Å². The highest BCUT2D eigenvalue weighted by molar-refractivity contribution is 5.91. The Kier molecular flexibility index (Phi) is 6.58. The Bertz CT molecular complexity index is 973. The second-order valence-corrected chi connectivity index (χ2v) is 6.77. The molecule has 1 heterocycles. The van der Waals surface area contributed by atoms with E-state index in [0.29, 0.717) is 6.42 Å². The molecule has 0 saturated heterocycles. The van der Waals surface area contributed by atoms with Gasteiger partial charge >= 0.3 is 12.0 Å². The number of anilines is 1. The number of benzene rings is 1. The van der Waals surface area contributed by atoms with Crippen molar-refractivity contribution in [2.75, 3.05) is 18.5 Å². The number of aromatic nitrogens is 2. The van der Waals surface area contributed by atoms with Gasteiger partial charge in [-0.2, -0.15) is 5.10 Å². The topological polar surface area (TPSA) is 113 Å². The van der Waals surface area contributed by atoms with E-state index < -0.39 is 17.8 Å². The van der Waals surface area contributed by atoms with Crippen molar-refractivity contribution in [1.29, 1.82) is 0 Å². The molecule has 0 aliphatic heterocycles. The van der Waals surface area contributed by atoms with Crippen LogP contribution in [0.2, 0.25) is 0 Å². The van der Waals surface area contributed by atoms with Gasteiger partial charge in [-0.3, -0.25) is 9.59 Å². The number of fused-ring (bicyclic) bond motifs is 1. The fourth-order valence-corrected chi connectivity index (χ4v) is 3.38. The summed E-state index contributed by atoms with van der Waals surface area (Å²) in [7, 11) is 0. The number of carbonyl (C=O) groups excluding carboxylic acids is 2. The molecular formula is C20H23FN4O4. The predicted octanol–water partition coefficient (Wildman–Crippen LogP) is 2.06. The van der Waals surface area contributed by atoms with Gasteiger partial charge in [0, 0.05) is 12.0 Å². The molecule has 154 valence electrons. The molecule has 0 radical (unpaired) electrons. The average Bonchev–Trinajstić information content (AvgIpc) is 2.71. The standard InChI is InChI=1S/C20H23FN4O4/c1-2-29-18(26)11-22-20(28)23-17-10-12(7-8-15(17)21)9-16-13-5-3-4-6-14(13)19(27)25-24-16/h7-8,10H,2-6,9,11H2,1H3,(H,25,27)(H2,22,23,28). The Hall–Kier alpha value is -3.23. The molecule has 3 N–H and O–H groups in total. The number of hydrogen-bond donors (Lipinski definition) is 3. The fraction of sp³-hybridized carbons (Fsp3) is 0.400. The number of aromatic amines is 1. The Morgan fingerprint density at radius 3 is 2.76 bits per heavy atom. The molecule has 29 heavy (non-hydrogen) atoms. The van der Waals surface area contributed by atoms with E-state index in [1.807, 2.05) is 0 Å². The molecule has 1 aromatic carbocycles. The first-order valence-electron chi connectivity index (χ1n) is 9.56. The molecule has 8 nitrogen and oxygen atoms in total. The van der Waals surface area contributed by atoms with E-state index in [4.69, 9.17) is 4.74 Å². The van der Waals surface area contributed by atoms with Crippen LogP contribution in [0, 0.1) is 5.82 Å². The van der Waals surface area contributed by atoms with Crippen LogP contribution < -0.4 is 16.2 Å². The minimum atomic E-state index is -0.714. The molecule has 0 spiro atoms. The molecule has 0 atom stereocenters. The zero-order valence-corrected chi connectivity index (χ0v) is 16.1. The number of esters is 1. The molecule has 1 aliphatic rings. The maximum Gasteiger partial charge on any atom is 0.325 e. The molecule has 0 bridgehead atoms. The summed E-state index contributed by atoms with van der Waals surface area (Å²) in [5, 5.41) is 11.4. The lowest BCUT2D eigenvalue weighted by Gasteiger charge is -2.17. The van der Waals surface area contributed by atoms with Crippen molar-refractivity contribution in [3.63, 3.8) is 0 Å². The lowest BCUT2D eigenvalue weighted by Crippen LogP contribution is -2.34. The van der Waals surface area contributed by atoms with E-state index in [0.717, 1.165) is 48.1 Å². The van der Waals surface area contributed by atoms with Gasteiger partial charge in [0.25, 0.3) is 5.56 Å². The summed E-state index contributed by atoms with van der Waals surface area (Å²) in [4.78, 5) is 35.2. The Labute approximate surface area is 166 Å². The van der Waals surface area contributed by atoms with Crippen molar-refractivity contribution in [1.82, 2.24) is 15.5 Å². The number of hydrogen-bond acceptors (Lipinski definition) is 5. The lowest BCUT2D eigenvalue weighted by atomic mass is 9.90. The maximum absolute atomic E-state index is 14.1. The van der Waals surface area contributed by atoms with E-state index >= 15 is 0 Å². The van der Waals surface area contributed by atoms with Crippen LogP contribution in [0.1, 0.15) is 42.1 Å². The second kappa shape index (κ2) is 9.31. The molecular weight excluding hydrogens is 379 g/mol. The third-order valence-corrected chi connectivity index (χ3v) is 4.73. The normalized spacial score (nSPS) is 12.8. The molecule has 1 aromatic heterocycles. The first kappa shape index (κ1) is 20.5. The minimum absolute atomic E-state index is 0.0119. The zero-order valence-electron chi connectivity index (χ0n) is 16.1. The van der Waals surface area contributed by atoms with Crippen LogP contribution in [0.15, 0.2) is 23.0 Å². The third kappa shape index (κ3) is 5.18. The van der Waals surface area contributed by atoms with Crippen molar-refractivity contribution >= 4 is 17.7 Å². The van der Waals surface area contributed by atoms with E-state index in [-0.39, 0.29) is 24.4 Å². The summed E-state index contributed by atoms with van der Waals surface area (Å²) >= 11 is 0.